The number of amides is 1. The molecule has 124 valence electrons. The number of fused-ring (bicyclic) bond motifs is 1. The van der Waals surface area contributed by atoms with Crippen LogP contribution in [0.3, 0.4) is 0 Å². The summed E-state index contributed by atoms with van der Waals surface area (Å²) in [4.78, 5) is 14.7. The summed E-state index contributed by atoms with van der Waals surface area (Å²) in [5, 5.41) is 3.18. The van der Waals surface area contributed by atoms with E-state index in [1.54, 1.807) is 0 Å². The highest BCUT2D eigenvalue weighted by Gasteiger charge is 2.44. The van der Waals surface area contributed by atoms with Gasteiger partial charge in [0.05, 0.1) is 6.54 Å². The summed E-state index contributed by atoms with van der Waals surface area (Å²) >= 11 is 0. The number of carbonyl (C=O) groups is 1. The zero-order valence-corrected chi connectivity index (χ0v) is 14.0. The van der Waals surface area contributed by atoms with Gasteiger partial charge in [-0.05, 0) is 42.9 Å². The van der Waals surface area contributed by atoms with E-state index < -0.39 is 0 Å². The molecule has 0 saturated heterocycles. The van der Waals surface area contributed by atoms with E-state index in [1.165, 1.54) is 29.7 Å². The van der Waals surface area contributed by atoms with Gasteiger partial charge < -0.3 is 10.2 Å². The second-order valence-corrected chi connectivity index (χ2v) is 7.08. The van der Waals surface area contributed by atoms with Gasteiger partial charge in [0.15, 0.2) is 0 Å². The van der Waals surface area contributed by atoms with Gasteiger partial charge in [0.1, 0.15) is 0 Å². The predicted octanol–water partition coefficient (Wildman–Crippen LogP) is 3.29. The fraction of sp³-hybridized carbons (Fsp3) is 0.381. The van der Waals surface area contributed by atoms with Gasteiger partial charge in [-0.2, -0.15) is 0 Å². The molecule has 1 fully saturated rings. The van der Waals surface area contributed by atoms with Crippen molar-refractivity contribution < 1.29 is 4.79 Å². The molecule has 1 amide bonds. The van der Waals surface area contributed by atoms with E-state index >= 15 is 0 Å². The first-order valence-corrected chi connectivity index (χ1v) is 8.92. The molecule has 0 aromatic heterocycles. The number of benzene rings is 2. The molecule has 0 radical (unpaired) electrons. The van der Waals surface area contributed by atoms with E-state index in [1.807, 2.05) is 6.07 Å². The summed E-state index contributed by atoms with van der Waals surface area (Å²) in [5.41, 5.74) is 4.12. The molecule has 1 N–H and O–H groups in total. The number of aryl methyl sites for hydroxylation is 1. The molecule has 2 aromatic carbocycles. The van der Waals surface area contributed by atoms with Crippen molar-refractivity contribution in [2.45, 2.75) is 31.1 Å². The SMILES string of the molecule is O=C(CN1CCCc2ccccc21)NCC1(c2ccccc2)CC1. The van der Waals surface area contributed by atoms with Crippen molar-refractivity contribution in [1.82, 2.24) is 5.32 Å². The van der Waals surface area contributed by atoms with E-state index in [-0.39, 0.29) is 11.3 Å². The Balaban J connectivity index is 1.37. The van der Waals surface area contributed by atoms with Crippen molar-refractivity contribution in [3.8, 4) is 0 Å². The highest BCUT2D eigenvalue weighted by Crippen LogP contribution is 2.47. The average molecular weight is 320 g/mol. The fourth-order valence-corrected chi connectivity index (χ4v) is 3.78. The number of anilines is 1. The molecule has 1 heterocycles. The van der Waals surface area contributed by atoms with Crippen LogP contribution in [0.25, 0.3) is 0 Å². The van der Waals surface area contributed by atoms with Gasteiger partial charge in [0.2, 0.25) is 5.91 Å². The minimum absolute atomic E-state index is 0.133. The minimum Gasteiger partial charge on any atom is -0.362 e. The molecule has 0 unspecified atom stereocenters. The number of nitrogens with one attached hydrogen (secondary N) is 1. The number of hydrogen-bond donors (Lipinski definition) is 1. The van der Waals surface area contributed by atoms with E-state index in [4.69, 9.17) is 0 Å². The third-order valence-electron chi connectivity index (χ3n) is 5.40. The molecule has 2 aromatic rings. The summed E-state index contributed by atoms with van der Waals surface area (Å²) in [6, 6.07) is 19.0. The van der Waals surface area contributed by atoms with Crippen molar-refractivity contribution in [3.63, 3.8) is 0 Å². The first-order chi connectivity index (χ1) is 11.8. The molecule has 1 aliphatic heterocycles. The molecule has 0 bridgehead atoms. The first-order valence-electron chi connectivity index (χ1n) is 8.92. The van der Waals surface area contributed by atoms with Crippen LogP contribution in [0.1, 0.15) is 30.4 Å². The van der Waals surface area contributed by atoms with Crippen LogP contribution in [0.4, 0.5) is 5.69 Å². The Hall–Kier alpha value is -2.29. The maximum absolute atomic E-state index is 12.5. The summed E-state index contributed by atoms with van der Waals surface area (Å²) < 4.78 is 0. The van der Waals surface area contributed by atoms with E-state index in [0.29, 0.717) is 6.54 Å². The molecular formula is C21H24N2O. The molecule has 0 spiro atoms. The molecule has 2 aliphatic rings. The van der Waals surface area contributed by atoms with Crippen molar-refractivity contribution >= 4 is 11.6 Å². The number of carbonyl (C=O) groups excluding carboxylic acids is 1. The van der Waals surface area contributed by atoms with Crippen LogP contribution in [0, 0.1) is 0 Å². The van der Waals surface area contributed by atoms with E-state index in [9.17, 15) is 4.79 Å². The topological polar surface area (TPSA) is 32.3 Å². The molecule has 3 heteroatoms. The quantitative estimate of drug-likeness (QED) is 0.917. The second-order valence-electron chi connectivity index (χ2n) is 7.08. The third kappa shape index (κ3) is 3.03. The van der Waals surface area contributed by atoms with Gasteiger partial charge in [0.25, 0.3) is 0 Å². The van der Waals surface area contributed by atoms with Crippen LogP contribution in [0.15, 0.2) is 54.6 Å². The highest BCUT2D eigenvalue weighted by molar-refractivity contribution is 5.82. The van der Waals surface area contributed by atoms with Crippen molar-refractivity contribution in [2.75, 3.05) is 24.5 Å². The molecule has 4 rings (SSSR count). The maximum atomic E-state index is 12.5. The lowest BCUT2D eigenvalue weighted by molar-refractivity contribution is -0.119. The van der Waals surface area contributed by atoms with Crippen molar-refractivity contribution in [1.29, 1.82) is 0 Å². The summed E-state index contributed by atoms with van der Waals surface area (Å²) in [5.74, 6) is 0.133. The van der Waals surface area contributed by atoms with Gasteiger partial charge in [-0.3, -0.25) is 4.79 Å². The molecular weight excluding hydrogens is 296 g/mol. The van der Waals surface area contributed by atoms with Crippen molar-refractivity contribution in [2.24, 2.45) is 0 Å². The lowest BCUT2D eigenvalue weighted by Gasteiger charge is -2.31. The third-order valence-corrected chi connectivity index (χ3v) is 5.40. The van der Waals surface area contributed by atoms with Crippen LogP contribution in [0.2, 0.25) is 0 Å². The summed E-state index contributed by atoms with van der Waals surface area (Å²) in [6.07, 6.45) is 4.58. The lowest BCUT2D eigenvalue weighted by atomic mass is 9.96. The van der Waals surface area contributed by atoms with Gasteiger partial charge in [-0.25, -0.2) is 0 Å². The second kappa shape index (κ2) is 6.31. The Morgan fingerprint density at radius 1 is 1.04 bits per heavy atom. The van der Waals surface area contributed by atoms with Gasteiger partial charge in [0, 0.05) is 24.2 Å². The van der Waals surface area contributed by atoms with Crippen LogP contribution < -0.4 is 10.2 Å². The van der Waals surface area contributed by atoms with Gasteiger partial charge in [-0.1, -0.05) is 48.5 Å². The normalized spacial score (nSPS) is 17.9. The van der Waals surface area contributed by atoms with Crippen LogP contribution in [0.5, 0.6) is 0 Å². The zero-order valence-electron chi connectivity index (χ0n) is 14.0. The summed E-state index contributed by atoms with van der Waals surface area (Å²) in [6.45, 7) is 2.18. The largest absolute Gasteiger partial charge is 0.362 e. The Kier molecular flexibility index (Phi) is 4.01. The monoisotopic (exact) mass is 320 g/mol. The Morgan fingerprint density at radius 2 is 1.79 bits per heavy atom. The Bertz CT molecular complexity index is 722. The van der Waals surface area contributed by atoms with E-state index in [2.05, 4.69) is 58.7 Å². The smallest absolute Gasteiger partial charge is 0.239 e. The molecule has 3 nitrogen and oxygen atoms in total. The number of nitrogens with zero attached hydrogens (tertiary/aromatic N) is 1. The van der Waals surface area contributed by atoms with Gasteiger partial charge in [-0.15, -0.1) is 0 Å². The lowest BCUT2D eigenvalue weighted by Crippen LogP contribution is -2.42. The first kappa shape index (κ1) is 15.3. The predicted molar refractivity (Wildman–Crippen MR) is 97.3 cm³/mol. The van der Waals surface area contributed by atoms with Gasteiger partial charge >= 0.3 is 0 Å². The molecule has 1 aliphatic carbocycles. The van der Waals surface area contributed by atoms with Crippen LogP contribution >= 0.6 is 0 Å². The summed E-state index contributed by atoms with van der Waals surface area (Å²) in [7, 11) is 0. The highest BCUT2D eigenvalue weighted by atomic mass is 16.2. The van der Waals surface area contributed by atoms with Crippen LogP contribution in [-0.4, -0.2) is 25.5 Å². The Morgan fingerprint density at radius 3 is 2.58 bits per heavy atom. The number of rotatable bonds is 5. The minimum atomic E-state index is 0.133. The molecule has 24 heavy (non-hydrogen) atoms. The number of hydrogen-bond acceptors (Lipinski definition) is 2. The maximum Gasteiger partial charge on any atom is 0.239 e. The fourth-order valence-electron chi connectivity index (χ4n) is 3.78. The Labute approximate surface area is 143 Å². The number of para-hydroxylation sites is 1. The molecule has 1 saturated carbocycles. The van der Waals surface area contributed by atoms with Crippen LogP contribution in [-0.2, 0) is 16.6 Å². The van der Waals surface area contributed by atoms with Crippen molar-refractivity contribution in [3.05, 3.63) is 65.7 Å². The van der Waals surface area contributed by atoms with E-state index in [0.717, 1.165) is 25.9 Å². The zero-order chi connectivity index (χ0) is 16.4. The standard InChI is InChI=1S/C21H24N2O/c24-20(15-23-14-6-8-17-7-4-5-11-19(17)23)22-16-21(12-13-21)18-9-2-1-3-10-18/h1-5,7,9-11H,6,8,12-16H2,(H,22,24). The average Bonchev–Trinajstić information content (AvgIpc) is 3.42. The molecule has 0 atom stereocenters.